The number of hydrogen-bond acceptors (Lipinski definition) is 3. The largest absolute Gasteiger partial charge is 0.416 e. The van der Waals surface area contributed by atoms with Gasteiger partial charge in [0.25, 0.3) is 0 Å². The summed E-state index contributed by atoms with van der Waals surface area (Å²) in [5.41, 5.74) is 0.562. The monoisotopic (exact) mass is 372 g/mol. The number of fused-ring (bicyclic) bond motifs is 3. The Hall–Kier alpha value is -3.16. The second-order valence-electron chi connectivity index (χ2n) is 6.44. The first-order valence-electron chi connectivity index (χ1n) is 8.34. The zero-order valence-corrected chi connectivity index (χ0v) is 14.3. The molecule has 2 heterocycles. The molecular formula is C19H15F3N4O. The van der Waals surface area contributed by atoms with Crippen molar-refractivity contribution >= 4 is 12.1 Å². The number of halogens is 3. The molecule has 8 heteroatoms. The van der Waals surface area contributed by atoms with Crippen LogP contribution in [0.5, 0.6) is 0 Å². The molecule has 0 spiro atoms. The van der Waals surface area contributed by atoms with Crippen LogP contribution in [0.25, 0.3) is 17.1 Å². The van der Waals surface area contributed by atoms with Gasteiger partial charge in [-0.25, -0.2) is 0 Å². The number of benzene rings is 2. The standard InChI is InChI=1S/C19H15F3N4O/c1-12-10-25(11-27)15-8-7-14(19(20,21)22)9-16(15)26-17(12)23-24-18(26)13-5-3-2-4-6-13/h2-9,11-12H,10H2,1H3/t12-/m1/s1. The topological polar surface area (TPSA) is 51.0 Å². The van der Waals surface area contributed by atoms with Gasteiger partial charge in [-0.05, 0) is 18.2 Å². The summed E-state index contributed by atoms with van der Waals surface area (Å²) in [7, 11) is 0. The SMILES string of the molecule is C[C@@H]1CN(C=O)c2ccc(C(F)(F)F)cc2-n2c(-c3ccccc3)nnc21. The molecule has 27 heavy (non-hydrogen) atoms. The third-order valence-corrected chi connectivity index (χ3v) is 4.61. The van der Waals surface area contributed by atoms with Gasteiger partial charge in [-0.2, -0.15) is 13.2 Å². The summed E-state index contributed by atoms with van der Waals surface area (Å²) in [6.07, 6.45) is -3.87. The van der Waals surface area contributed by atoms with E-state index >= 15 is 0 Å². The first kappa shape index (κ1) is 17.3. The normalized spacial score (nSPS) is 16.4. The van der Waals surface area contributed by atoms with Gasteiger partial charge in [-0.3, -0.25) is 9.36 Å². The molecule has 0 fully saturated rings. The minimum Gasteiger partial charge on any atom is -0.312 e. The van der Waals surface area contributed by atoms with Gasteiger partial charge < -0.3 is 4.90 Å². The molecular weight excluding hydrogens is 357 g/mol. The van der Waals surface area contributed by atoms with Crippen LogP contribution in [-0.4, -0.2) is 27.7 Å². The summed E-state index contributed by atoms with van der Waals surface area (Å²) in [4.78, 5) is 13.0. The minimum absolute atomic E-state index is 0.207. The maximum atomic E-state index is 13.3. The molecule has 4 rings (SSSR count). The fourth-order valence-corrected chi connectivity index (χ4v) is 3.32. The highest BCUT2D eigenvalue weighted by Crippen LogP contribution is 2.39. The van der Waals surface area contributed by atoms with Crippen molar-refractivity contribution in [2.75, 3.05) is 11.4 Å². The number of aromatic nitrogens is 3. The van der Waals surface area contributed by atoms with Crippen LogP contribution in [0.2, 0.25) is 0 Å². The molecule has 2 aromatic carbocycles. The molecule has 1 atom stereocenters. The van der Waals surface area contributed by atoms with E-state index in [4.69, 9.17) is 0 Å². The Morgan fingerprint density at radius 1 is 1.07 bits per heavy atom. The van der Waals surface area contributed by atoms with Crippen LogP contribution in [0.15, 0.2) is 48.5 Å². The Labute approximate surface area is 153 Å². The third kappa shape index (κ3) is 2.87. The van der Waals surface area contributed by atoms with Crippen molar-refractivity contribution < 1.29 is 18.0 Å². The van der Waals surface area contributed by atoms with E-state index < -0.39 is 11.7 Å². The lowest BCUT2D eigenvalue weighted by atomic mass is 10.1. The predicted octanol–water partition coefficient (Wildman–Crippen LogP) is 4.03. The highest BCUT2D eigenvalue weighted by molar-refractivity contribution is 5.82. The van der Waals surface area contributed by atoms with Crippen LogP contribution in [0, 0.1) is 0 Å². The number of amides is 1. The van der Waals surface area contributed by atoms with Crippen LogP contribution in [-0.2, 0) is 11.0 Å². The molecule has 1 aliphatic rings. The lowest BCUT2D eigenvalue weighted by molar-refractivity contribution is -0.137. The molecule has 0 bridgehead atoms. The Morgan fingerprint density at radius 3 is 2.48 bits per heavy atom. The van der Waals surface area contributed by atoms with Crippen molar-refractivity contribution in [3.63, 3.8) is 0 Å². The molecule has 0 N–H and O–H groups in total. The van der Waals surface area contributed by atoms with Crippen molar-refractivity contribution in [2.24, 2.45) is 0 Å². The lowest BCUT2D eigenvalue weighted by Gasteiger charge is -2.20. The molecule has 3 aromatic rings. The van der Waals surface area contributed by atoms with Gasteiger partial charge >= 0.3 is 6.18 Å². The van der Waals surface area contributed by atoms with E-state index in [1.54, 1.807) is 4.57 Å². The molecule has 1 aliphatic heterocycles. The highest BCUT2D eigenvalue weighted by atomic mass is 19.4. The number of carbonyl (C=O) groups excluding carboxylic acids is 1. The first-order valence-corrected chi connectivity index (χ1v) is 8.34. The zero-order chi connectivity index (χ0) is 19.2. The first-order chi connectivity index (χ1) is 12.9. The second-order valence-corrected chi connectivity index (χ2v) is 6.44. The molecule has 0 saturated heterocycles. The summed E-state index contributed by atoms with van der Waals surface area (Å²) < 4.78 is 41.6. The number of anilines is 1. The van der Waals surface area contributed by atoms with E-state index in [0.29, 0.717) is 30.3 Å². The summed E-state index contributed by atoms with van der Waals surface area (Å²) >= 11 is 0. The van der Waals surface area contributed by atoms with Crippen molar-refractivity contribution in [3.8, 4) is 17.1 Å². The summed E-state index contributed by atoms with van der Waals surface area (Å²) in [6, 6.07) is 12.5. The Balaban J connectivity index is 2.03. The predicted molar refractivity (Wildman–Crippen MR) is 93.6 cm³/mol. The van der Waals surface area contributed by atoms with Crippen LogP contribution >= 0.6 is 0 Å². The number of alkyl halides is 3. The molecule has 1 aromatic heterocycles. The molecule has 138 valence electrons. The molecule has 0 unspecified atom stereocenters. The maximum Gasteiger partial charge on any atom is 0.416 e. The third-order valence-electron chi connectivity index (χ3n) is 4.61. The van der Waals surface area contributed by atoms with Crippen LogP contribution in [0.3, 0.4) is 0 Å². The average molecular weight is 372 g/mol. The fraction of sp³-hybridized carbons (Fsp3) is 0.211. The van der Waals surface area contributed by atoms with E-state index in [1.807, 2.05) is 37.3 Å². The van der Waals surface area contributed by atoms with Crippen LogP contribution in [0.1, 0.15) is 24.2 Å². The number of carbonyl (C=O) groups is 1. The van der Waals surface area contributed by atoms with Crippen molar-refractivity contribution in [2.45, 2.75) is 19.0 Å². The summed E-state index contributed by atoms with van der Waals surface area (Å²) in [5.74, 6) is 0.742. The fourth-order valence-electron chi connectivity index (χ4n) is 3.32. The second kappa shape index (κ2) is 6.22. The quantitative estimate of drug-likeness (QED) is 0.638. The van der Waals surface area contributed by atoms with Crippen molar-refractivity contribution in [1.29, 1.82) is 0 Å². The minimum atomic E-state index is -4.50. The maximum absolute atomic E-state index is 13.3. The summed E-state index contributed by atoms with van der Waals surface area (Å²) in [6.45, 7) is 2.16. The van der Waals surface area contributed by atoms with Gasteiger partial charge in [0.1, 0.15) is 5.82 Å². The molecule has 0 saturated carbocycles. The number of rotatable bonds is 2. The smallest absolute Gasteiger partial charge is 0.312 e. The molecule has 0 radical (unpaired) electrons. The van der Waals surface area contributed by atoms with Gasteiger partial charge in [-0.1, -0.05) is 37.3 Å². The Morgan fingerprint density at radius 2 is 1.81 bits per heavy atom. The van der Waals surface area contributed by atoms with E-state index in [-0.39, 0.29) is 11.6 Å². The van der Waals surface area contributed by atoms with Crippen LogP contribution in [0.4, 0.5) is 18.9 Å². The lowest BCUT2D eigenvalue weighted by Crippen LogP contribution is -2.25. The van der Waals surface area contributed by atoms with E-state index in [0.717, 1.165) is 17.7 Å². The van der Waals surface area contributed by atoms with Gasteiger partial charge in [0.2, 0.25) is 6.41 Å². The van der Waals surface area contributed by atoms with Gasteiger partial charge in [-0.15, -0.1) is 10.2 Å². The van der Waals surface area contributed by atoms with Crippen molar-refractivity contribution in [3.05, 3.63) is 59.9 Å². The Kier molecular flexibility index (Phi) is 3.98. The number of hydrogen-bond donors (Lipinski definition) is 0. The Bertz CT molecular complexity index is 998. The molecule has 5 nitrogen and oxygen atoms in total. The number of nitrogens with zero attached hydrogens (tertiary/aromatic N) is 4. The van der Waals surface area contributed by atoms with Gasteiger partial charge in [0, 0.05) is 18.0 Å². The van der Waals surface area contributed by atoms with E-state index in [1.165, 1.54) is 11.0 Å². The van der Waals surface area contributed by atoms with E-state index in [2.05, 4.69) is 10.2 Å². The van der Waals surface area contributed by atoms with E-state index in [9.17, 15) is 18.0 Å². The van der Waals surface area contributed by atoms with Gasteiger partial charge in [0.05, 0.1) is 16.9 Å². The molecule has 1 amide bonds. The van der Waals surface area contributed by atoms with Crippen LogP contribution < -0.4 is 4.90 Å². The zero-order valence-electron chi connectivity index (χ0n) is 14.3. The molecule has 0 aliphatic carbocycles. The average Bonchev–Trinajstić information content (AvgIpc) is 3.06. The highest BCUT2D eigenvalue weighted by Gasteiger charge is 2.34. The van der Waals surface area contributed by atoms with Gasteiger partial charge in [0.15, 0.2) is 5.82 Å². The van der Waals surface area contributed by atoms with Crippen molar-refractivity contribution in [1.82, 2.24) is 14.8 Å². The summed E-state index contributed by atoms with van der Waals surface area (Å²) in [5, 5.41) is 8.45.